The third-order valence-corrected chi connectivity index (χ3v) is 5.95. The second kappa shape index (κ2) is 21.1. The molecule has 0 aromatic heterocycles. The fourth-order valence-corrected chi connectivity index (χ4v) is 3.61. The normalized spacial score (nSPS) is 13.0. The Labute approximate surface area is 244 Å². The van der Waals surface area contributed by atoms with Crippen LogP contribution in [0.3, 0.4) is 0 Å². The SMILES string of the molecule is CC(=O)O.CSCC[C@H](N)CO.C[C@@H](NC(=O)[C@@H](N)Cc1ccc(O)cc1)C(=O)N[C@@H](Cc1ccccc1)C(=O)O. The highest BCUT2D eigenvalue weighted by molar-refractivity contribution is 7.98. The number of nitrogens with one attached hydrogen (secondary N) is 2. The predicted octanol–water partition coefficient (Wildman–Crippen LogP) is 0.729. The zero-order valence-electron chi connectivity index (χ0n) is 23.5. The number of rotatable bonds is 13. The molecule has 2 aromatic rings. The van der Waals surface area contributed by atoms with Crippen molar-refractivity contribution in [2.75, 3.05) is 18.6 Å². The molecule has 12 nitrogen and oxygen atoms in total. The molecule has 4 atom stereocenters. The smallest absolute Gasteiger partial charge is 0.326 e. The molecule has 0 fully saturated rings. The quantitative estimate of drug-likeness (QED) is 0.161. The number of thioether (sulfide) groups is 1. The molecule has 0 saturated carbocycles. The molecule has 10 N–H and O–H groups in total. The number of aromatic hydroxyl groups is 1. The van der Waals surface area contributed by atoms with Crippen LogP contribution < -0.4 is 22.1 Å². The summed E-state index contributed by atoms with van der Waals surface area (Å²) in [5.74, 6) is -1.98. The van der Waals surface area contributed by atoms with Gasteiger partial charge in [-0.25, -0.2) is 4.79 Å². The Balaban J connectivity index is 0.00000112. The highest BCUT2D eigenvalue weighted by Crippen LogP contribution is 2.11. The minimum Gasteiger partial charge on any atom is -0.508 e. The van der Waals surface area contributed by atoms with Gasteiger partial charge in [0.15, 0.2) is 0 Å². The molecule has 0 saturated heterocycles. The highest BCUT2D eigenvalue weighted by atomic mass is 32.2. The van der Waals surface area contributed by atoms with E-state index in [4.69, 9.17) is 26.5 Å². The molecule has 228 valence electrons. The largest absolute Gasteiger partial charge is 0.508 e. The molecule has 2 amide bonds. The number of hydrogen-bond acceptors (Lipinski definition) is 9. The zero-order valence-corrected chi connectivity index (χ0v) is 24.3. The Morgan fingerprint density at radius 1 is 0.878 bits per heavy atom. The molecular weight excluding hydrogens is 552 g/mol. The van der Waals surface area contributed by atoms with Crippen molar-refractivity contribution >= 4 is 35.5 Å². The van der Waals surface area contributed by atoms with Crippen LogP contribution in [0, 0.1) is 0 Å². The molecule has 2 aromatic carbocycles. The number of nitrogens with two attached hydrogens (primary N) is 2. The Bertz CT molecular complexity index is 1050. The van der Waals surface area contributed by atoms with Gasteiger partial charge in [-0.3, -0.25) is 14.4 Å². The first-order valence-corrected chi connectivity index (χ1v) is 14.2. The van der Waals surface area contributed by atoms with Gasteiger partial charge in [-0.2, -0.15) is 11.8 Å². The van der Waals surface area contributed by atoms with Gasteiger partial charge in [0.1, 0.15) is 17.8 Å². The lowest BCUT2D eigenvalue weighted by molar-refractivity contribution is -0.142. The maximum absolute atomic E-state index is 12.3. The molecule has 0 aliphatic carbocycles. The van der Waals surface area contributed by atoms with Gasteiger partial charge in [-0.1, -0.05) is 42.5 Å². The van der Waals surface area contributed by atoms with Gasteiger partial charge in [0.05, 0.1) is 12.6 Å². The number of aliphatic hydroxyl groups is 1. The van der Waals surface area contributed by atoms with E-state index in [1.807, 2.05) is 12.3 Å². The summed E-state index contributed by atoms with van der Waals surface area (Å²) in [6.07, 6.45) is 3.30. The van der Waals surface area contributed by atoms with Crippen LogP contribution in [0.4, 0.5) is 0 Å². The summed E-state index contributed by atoms with van der Waals surface area (Å²) in [6, 6.07) is 12.3. The van der Waals surface area contributed by atoms with Gasteiger partial charge in [0.2, 0.25) is 11.8 Å². The number of carboxylic acid groups (broad SMARTS) is 2. The van der Waals surface area contributed by atoms with Crippen molar-refractivity contribution in [1.82, 2.24) is 10.6 Å². The second-order valence-electron chi connectivity index (χ2n) is 9.04. The molecule has 0 aliphatic heterocycles. The van der Waals surface area contributed by atoms with Crippen molar-refractivity contribution < 1.29 is 39.6 Å². The van der Waals surface area contributed by atoms with E-state index in [0.29, 0.717) is 0 Å². The van der Waals surface area contributed by atoms with Crippen LogP contribution in [-0.4, -0.2) is 87.0 Å². The van der Waals surface area contributed by atoms with Crippen molar-refractivity contribution in [1.29, 1.82) is 0 Å². The monoisotopic (exact) mass is 594 g/mol. The number of phenols is 1. The van der Waals surface area contributed by atoms with Crippen LogP contribution in [0.5, 0.6) is 5.75 Å². The molecule has 2 rings (SSSR count). The fraction of sp³-hybridized carbons (Fsp3) is 0.429. The molecule has 0 spiro atoms. The van der Waals surface area contributed by atoms with Gasteiger partial charge in [-0.05, 0) is 55.0 Å². The number of benzene rings is 2. The van der Waals surface area contributed by atoms with Gasteiger partial charge in [0, 0.05) is 19.4 Å². The number of aliphatic hydroxyl groups excluding tert-OH is 1. The maximum atomic E-state index is 12.3. The summed E-state index contributed by atoms with van der Waals surface area (Å²) < 4.78 is 0. The summed E-state index contributed by atoms with van der Waals surface area (Å²) in [5, 5.41) is 39.5. The second-order valence-corrected chi connectivity index (χ2v) is 10.0. The van der Waals surface area contributed by atoms with Gasteiger partial charge < -0.3 is 42.5 Å². The van der Waals surface area contributed by atoms with Crippen molar-refractivity contribution in [3.05, 3.63) is 65.7 Å². The van der Waals surface area contributed by atoms with E-state index in [-0.39, 0.29) is 31.2 Å². The highest BCUT2D eigenvalue weighted by Gasteiger charge is 2.25. The molecular formula is C28H42N4O8S. The summed E-state index contributed by atoms with van der Waals surface area (Å²) >= 11 is 1.75. The summed E-state index contributed by atoms with van der Waals surface area (Å²) in [6.45, 7) is 2.66. The van der Waals surface area contributed by atoms with E-state index in [0.717, 1.165) is 30.2 Å². The van der Waals surface area contributed by atoms with Crippen molar-refractivity contribution in [2.45, 2.75) is 57.3 Å². The van der Waals surface area contributed by atoms with Gasteiger partial charge in [-0.15, -0.1) is 0 Å². The van der Waals surface area contributed by atoms with Gasteiger partial charge >= 0.3 is 5.97 Å². The topological polar surface area (TPSA) is 225 Å². The Morgan fingerprint density at radius 3 is 1.90 bits per heavy atom. The average molecular weight is 595 g/mol. The van der Waals surface area contributed by atoms with Crippen LogP contribution in [0.15, 0.2) is 54.6 Å². The third kappa shape index (κ3) is 18.3. The van der Waals surface area contributed by atoms with Crippen LogP contribution in [0.25, 0.3) is 0 Å². The van der Waals surface area contributed by atoms with Crippen LogP contribution in [-0.2, 0) is 32.0 Å². The maximum Gasteiger partial charge on any atom is 0.326 e. The Morgan fingerprint density at radius 2 is 1.41 bits per heavy atom. The van der Waals surface area contributed by atoms with Gasteiger partial charge in [0.25, 0.3) is 5.97 Å². The van der Waals surface area contributed by atoms with Crippen molar-refractivity contribution in [2.24, 2.45) is 11.5 Å². The first-order valence-electron chi connectivity index (χ1n) is 12.8. The molecule has 0 unspecified atom stereocenters. The van der Waals surface area contributed by atoms with Crippen molar-refractivity contribution in [3.63, 3.8) is 0 Å². The average Bonchev–Trinajstić information content (AvgIpc) is 2.92. The molecule has 13 heteroatoms. The van der Waals surface area contributed by atoms with Crippen LogP contribution >= 0.6 is 11.8 Å². The Hall–Kier alpha value is -3.65. The van der Waals surface area contributed by atoms with E-state index < -0.39 is 41.9 Å². The number of aliphatic carboxylic acids is 2. The number of phenolic OH excluding ortho intramolecular Hbond substituents is 1. The minimum atomic E-state index is -1.16. The van der Waals surface area contributed by atoms with Crippen LogP contribution in [0.1, 0.15) is 31.4 Å². The number of hydrogen-bond donors (Lipinski definition) is 8. The molecule has 0 radical (unpaired) electrons. The molecule has 41 heavy (non-hydrogen) atoms. The molecule has 0 heterocycles. The molecule has 0 aliphatic rings. The standard InChI is InChI=1S/C21H25N3O5.C5H13NOS.C2H4O2/c1-13(23-20(27)17(22)11-15-7-9-16(25)10-8-15)19(26)24-18(21(28)29)12-14-5-3-2-4-6-14;1-8-3-2-5(6)4-7;1-2(3)4/h2-10,13,17-18,25H,11-12,22H2,1H3,(H,23,27)(H,24,26)(H,28,29);5,7H,2-4,6H2,1H3;1H3,(H,3,4)/t13-,17+,18+;5-;/m10./s1. The predicted molar refractivity (Wildman–Crippen MR) is 158 cm³/mol. The van der Waals surface area contributed by atoms with E-state index in [9.17, 15) is 24.6 Å². The lowest BCUT2D eigenvalue weighted by Crippen LogP contribution is -2.54. The zero-order chi connectivity index (χ0) is 31.4. The van der Waals surface area contributed by atoms with E-state index >= 15 is 0 Å². The third-order valence-electron chi connectivity index (χ3n) is 5.31. The summed E-state index contributed by atoms with van der Waals surface area (Å²) in [7, 11) is 0. The summed E-state index contributed by atoms with van der Waals surface area (Å²) in [4.78, 5) is 45.1. The number of carboxylic acids is 2. The number of carbonyl (C=O) groups excluding carboxylic acids is 2. The fourth-order valence-electron chi connectivity index (χ4n) is 3.07. The lowest BCUT2D eigenvalue weighted by Gasteiger charge is -2.20. The minimum absolute atomic E-state index is 0.0116. The van der Waals surface area contributed by atoms with E-state index in [1.54, 1.807) is 48.2 Å². The van der Waals surface area contributed by atoms with Crippen molar-refractivity contribution in [3.8, 4) is 5.75 Å². The lowest BCUT2D eigenvalue weighted by atomic mass is 10.0. The molecule has 0 bridgehead atoms. The van der Waals surface area contributed by atoms with Crippen LogP contribution in [0.2, 0.25) is 0 Å². The van der Waals surface area contributed by atoms with E-state index in [2.05, 4.69) is 10.6 Å². The summed E-state index contributed by atoms with van der Waals surface area (Å²) in [5.41, 5.74) is 12.8. The number of amides is 2. The Kier molecular flexibility index (Phi) is 19.3. The first kappa shape index (κ1) is 37.4. The first-order chi connectivity index (χ1) is 19.3. The van der Waals surface area contributed by atoms with E-state index in [1.165, 1.54) is 19.1 Å². The number of carbonyl (C=O) groups is 4.